The molecule has 0 heterocycles. The zero-order chi connectivity index (χ0) is 14.2. The van der Waals surface area contributed by atoms with Crippen molar-refractivity contribution in [3.05, 3.63) is 0 Å². The molecule has 3 unspecified atom stereocenters. The summed E-state index contributed by atoms with van der Waals surface area (Å²) >= 11 is 0. The SMILES string of the molecule is CC(CO)CCCNC1CCCCC1C1CCCCC1. The molecule has 118 valence electrons. The van der Waals surface area contributed by atoms with Crippen LogP contribution in [0.1, 0.15) is 77.6 Å². The molecule has 2 saturated carbocycles. The van der Waals surface area contributed by atoms with Gasteiger partial charge in [0.05, 0.1) is 0 Å². The average Bonchev–Trinajstić information content (AvgIpc) is 2.52. The maximum Gasteiger partial charge on any atom is 0.0456 e. The van der Waals surface area contributed by atoms with E-state index < -0.39 is 0 Å². The molecule has 3 atom stereocenters. The predicted molar refractivity (Wildman–Crippen MR) is 85.8 cm³/mol. The highest BCUT2D eigenvalue weighted by molar-refractivity contribution is 4.86. The van der Waals surface area contributed by atoms with Gasteiger partial charge in [-0.3, -0.25) is 0 Å². The van der Waals surface area contributed by atoms with Crippen LogP contribution in [0.4, 0.5) is 0 Å². The van der Waals surface area contributed by atoms with E-state index in [0.717, 1.165) is 30.8 Å². The van der Waals surface area contributed by atoms with Gasteiger partial charge in [0.25, 0.3) is 0 Å². The normalized spacial score (nSPS) is 30.3. The molecule has 0 aromatic carbocycles. The molecule has 0 saturated heterocycles. The molecule has 2 nitrogen and oxygen atoms in total. The van der Waals surface area contributed by atoms with Crippen LogP contribution >= 0.6 is 0 Å². The summed E-state index contributed by atoms with van der Waals surface area (Å²) in [7, 11) is 0. The van der Waals surface area contributed by atoms with E-state index in [0.29, 0.717) is 12.5 Å². The molecule has 0 aliphatic heterocycles. The molecule has 0 aromatic rings. The maximum absolute atomic E-state index is 9.07. The summed E-state index contributed by atoms with van der Waals surface area (Å²) in [6.07, 6.45) is 15.5. The van der Waals surface area contributed by atoms with Gasteiger partial charge >= 0.3 is 0 Å². The lowest BCUT2D eigenvalue weighted by Crippen LogP contribution is -2.42. The topological polar surface area (TPSA) is 32.3 Å². The first-order valence-corrected chi connectivity index (χ1v) is 9.15. The van der Waals surface area contributed by atoms with Crippen LogP contribution in [0.3, 0.4) is 0 Å². The van der Waals surface area contributed by atoms with Crippen molar-refractivity contribution in [2.24, 2.45) is 17.8 Å². The van der Waals surface area contributed by atoms with Crippen molar-refractivity contribution in [3.8, 4) is 0 Å². The fourth-order valence-electron chi connectivity index (χ4n) is 4.37. The minimum atomic E-state index is 0.341. The second-order valence-electron chi connectivity index (χ2n) is 7.34. The first-order chi connectivity index (χ1) is 9.81. The van der Waals surface area contributed by atoms with E-state index in [2.05, 4.69) is 12.2 Å². The molecule has 0 aromatic heterocycles. The van der Waals surface area contributed by atoms with Crippen molar-refractivity contribution >= 4 is 0 Å². The summed E-state index contributed by atoms with van der Waals surface area (Å²) in [5.41, 5.74) is 0. The van der Waals surface area contributed by atoms with E-state index in [-0.39, 0.29) is 0 Å². The van der Waals surface area contributed by atoms with Crippen molar-refractivity contribution in [1.29, 1.82) is 0 Å². The smallest absolute Gasteiger partial charge is 0.0456 e. The van der Waals surface area contributed by atoms with Crippen LogP contribution in [0.15, 0.2) is 0 Å². The summed E-state index contributed by atoms with van der Waals surface area (Å²) in [4.78, 5) is 0. The highest BCUT2D eigenvalue weighted by atomic mass is 16.3. The first kappa shape index (κ1) is 16.3. The summed E-state index contributed by atoms with van der Waals surface area (Å²) in [6.45, 7) is 3.64. The summed E-state index contributed by atoms with van der Waals surface area (Å²) < 4.78 is 0. The summed E-state index contributed by atoms with van der Waals surface area (Å²) in [5.74, 6) is 2.44. The molecule has 2 aliphatic rings. The van der Waals surface area contributed by atoms with Gasteiger partial charge in [0.15, 0.2) is 0 Å². The van der Waals surface area contributed by atoms with E-state index in [4.69, 9.17) is 5.11 Å². The van der Waals surface area contributed by atoms with Gasteiger partial charge in [-0.1, -0.05) is 51.9 Å². The van der Waals surface area contributed by atoms with E-state index in [9.17, 15) is 0 Å². The van der Waals surface area contributed by atoms with Crippen molar-refractivity contribution in [2.75, 3.05) is 13.2 Å². The Morgan fingerprint density at radius 1 is 1.00 bits per heavy atom. The molecular weight excluding hydrogens is 246 g/mol. The van der Waals surface area contributed by atoms with Crippen LogP contribution < -0.4 is 5.32 Å². The molecule has 20 heavy (non-hydrogen) atoms. The van der Waals surface area contributed by atoms with Crippen molar-refractivity contribution in [2.45, 2.75) is 83.6 Å². The maximum atomic E-state index is 9.07. The fraction of sp³-hybridized carbons (Fsp3) is 1.00. The molecule has 2 heteroatoms. The minimum Gasteiger partial charge on any atom is -0.396 e. The van der Waals surface area contributed by atoms with Gasteiger partial charge in [-0.2, -0.15) is 0 Å². The van der Waals surface area contributed by atoms with E-state index in [1.165, 1.54) is 64.2 Å². The van der Waals surface area contributed by atoms with Crippen LogP contribution in [0.2, 0.25) is 0 Å². The van der Waals surface area contributed by atoms with Gasteiger partial charge in [-0.15, -0.1) is 0 Å². The molecule has 2 rings (SSSR count). The highest BCUT2D eigenvalue weighted by Crippen LogP contribution is 2.38. The number of hydrogen-bond donors (Lipinski definition) is 2. The molecule has 0 radical (unpaired) electrons. The number of aliphatic hydroxyl groups is 1. The van der Waals surface area contributed by atoms with Crippen LogP contribution in [0, 0.1) is 17.8 Å². The molecule has 0 bridgehead atoms. The van der Waals surface area contributed by atoms with Gasteiger partial charge in [0, 0.05) is 12.6 Å². The monoisotopic (exact) mass is 281 g/mol. The second-order valence-corrected chi connectivity index (χ2v) is 7.34. The largest absolute Gasteiger partial charge is 0.396 e. The van der Waals surface area contributed by atoms with E-state index in [1.807, 2.05) is 0 Å². The van der Waals surface area contributed by atoms with E-state index >= 15 is 0 Å². The Kier molecular flexibility index (Phi) is 7.37. The lowest BCUT2D eigenvalue weighted by molar-refractivity contribution is 0.149. The van der Waals surface area contributed by atoms with Crippen molar-refractivity contribution in [3.63, 3.8) is 0 Å². The lowest BCUT2D eigenvalue weighted by Gasteiger charge is -2.39. The van der Waals surface area contributed by atoms with E-state index in [1.54, 1.807) is 0 Å². The van der Waals surface area contributed by atoms with Crippen molar-refractivity contribution in [1.82, 2.24) is 5.32 Å². The number of hydrogen-bond acceptors (Lipinski definition) is 2. The van der Waals surface area contributed by atoms with Crippen molar-refractivity contribution < 1.29 is 5.11 Å². The second kappa shape index (κ2) is 9.04. The zero-order valence-electron chi connectivity index (χ0n) is 13.4. The van der Waals surface area contributed by atoms with Gasteiger partial charge in [0.1, 0.15) is 0 Å². The molecule has 2 fully saturated rings. The van der Waals surface area contributed by atoms with Crippen LogP contribution in [0.25, 0.3) is 0 Å². The van der Waals surface area contributed by atoms with Gasteiger partial charge in [0.2, 0.25) is 0 Å². The molecule has 0 amide bonds. The summed E-state index contributed by atoms with van der Waals surface area (Å²) in [5, 5.41) is 12.9. The Hall–Kier alpha value is -0.0800. The standard InChI is InChI=1S/C18H35NO/c1-15(14-20)8-7-13-19-18-12-6-5-11-17(18)16-9-3-2-4-10-16/h15-20H,2-14H2,1H3. The summed E-state index contributed by atoms with van der Waals surface area (Å²) in [6, 6.07) is 0.788. The minimum absolute atomic E-state index is 0.341. The third-order valence-corrected chi connectivity index (χ3v) is 5.67. The molecular formula is C18H35NO. The van der Waals surface area contributed by atoms with Gasteiger partial charge in [-0.25, -0.2) is 0 Å². The molecule has 2 aliphatic carbocycles. The quantitative estimate of drug-likeness (QED) is 0.688. The predicted octanol–water partition coefficient (Wildman–Crippen LogP) is 4.12. The number of nitrogens with one attached hydrogen (secondary N) is 1. The Balaban J connectivity index is 1.72. The zero-order valence-corrected chi connectivity index (χ0v) is 13.4. The Labute approximate surface area is 125 Å². The van der Waals surface area contributed by atoms with Gasteiger partial charge < -0.3 is 10.4 Å². The van der Waals surface area contributed by atoms with Gasteiger partial charge in [-0.05, 0) is 50.0 Å². The Bertz CT molecular complexity index is 250. The highest BCUT2D eigenvalue weighted by Gasteiger charge is 2.31. The molecule has 0 spiro atoms. The third-order valence-electron chi connectivity index (χ3n) is 5.67. The Morgan fingerprint density at radius 2 is 1.70 bits per heavy atom. The van der Waals surface area contributed by atoms with Crippen LogP contribution in [-0.4, -0.2) is 24.3 Å². The number of aliphatic hydroxyl groups excluding tert-OH is 1. The first-order valence-electron chi connectivity index (χ1n) is 9.15. The van der Waals surface area contributed by atoms with Crippen LogP contribution in [-0.2, 0) is 0 Å². The van der Waals surface area contributed by atoms with Crippen LogP contribution in [0.5, 0.6) is 0 Å². The third kappa shape index (κ3) is 5.04. The average molecular weight is 281 g/mol. The number of rotatable bonds is 7. The Morgan fingerprint density at radius 3 is 2.45 bits per heavy atom. The molecule has 2 N–H and O–H groups in total. The lowest BCUT2D eigenvalue weighted by atomic mass is 9.71. The fourth-order valence-corrected chi connectivity index (χ4v) is 4.37.